The molecule has 0 aliphatic heterocycles. The lowest BCUT2D eigenvalue weighted by Gasteiger charge is -2.23. The van der Waals surface area contributed by atoms with Gasteiger partial charge in [0, 0.05) is 12.7 Å². The Hall–Kier alpha value is -2.33. The molecule has 0 aliphatic carbocycles. The van der Waals surface area contributed by atoms with Crippen LogP contribution in [0.5, 0.6) is 0 Å². The van der Waals surface area contributed by atoms with Crippen LogP contribution < -0.4 is 16.0 Å². The molecule has 0 spiro atoms. The van der Waals surface area contributed by atoms with Gasteiger partial charge in [0.05, 0.1) is 23.2 Å². The lowest BCUT2D eigenvalue weighted by molar-refractivity contribution is -0.137. The SMILES string of the molecule is CNC(=O)NC(=O)C(C)N(C)CC(=O)Nc1ccc(Cl)c(C(F)(F)F)c1. The third-order valence-corrected chi connectivity index (χ3v) is 3.78. The minimum atomic E-state index is -4.65. The number of halogens is 4. The van der Waals surface area contributed by atoms with E-state index in [-0.39, 0.29) is 12.2 Å². The number of alkyl halides is 3. The summed E-state index contributed by atoms with van der Waals surface area (Å²) >= 11 is 5.51. The smallest absolute Gasteiger partial charge is 0.341 e. The summed E-state index contributed by atoms with van der Waals surface area (Å²) in [6.07, 6.45) is -4.65. The Morgan fingerprint density at radius 1 is 1.27 bits per heavy atom. The highest BCUT2D eigenvalue weighted by Gasteiger charge is 2.33. The number of rotatable bonds is 5. The largest absolute Gasteiger partial charge is 0.417 e. The van der Waals surface area contributed by atoms with Crippen LogP contribution in [0.25, 0.3) is 0 Å². The lowest BCUT2D eigenvalue weighted by Crippen LogP contribution is -2.49. The second kappa shape index (κ2) is 8.86. The number of hydrogen-bond acceptors (Lipinski definition) is 4. The van der Waals surface area contributed by atoms with Gasteiger partial charge in [-0.25, -0.2) is 4.79 Å². The number of imide groups is 1. The predicted octanol–water partition coefficient (Wildman–Crippen LogP) is 2.07. The monoisotopic (exact) mass is 394 g/mol. The highest BCUT2D eigenvalue weighted by Crippen LogP contribution is 2.36. The Kier molecular flexibility index (Phi) is 7.40. The lowest BCUT2D eigenvalue weighted by atomic mass is 10.2. The van der Waals surface area contributed by atoms with E-state index < -0.39 is 40.6 Å². The van der Waals surface area contributed by atoms with Crippen molar-refractivity contribution in [3.05, 3.63) is 28.8 Å². The van der Waals surface area contributed by atoms with Gasteiger partial charge in [0.1, 0.15) is 0 Å². The maximum Gasteiger partial charge on any atom is 0.417 e. The summed E-state index contributed by atoms with van der Waals surface area (Å²) in [4.78, 5) is 36.2. The van der Waals surface area contributed by atoms with Gasteiger partial charge in [-0.15, -0.1) is 0 Å². The van der Waals surface area contributed by atoms with Crippen LogP contribution in [0.2, 0.25) is 5.02 Å². The molecule has 0 aliphatic rings. The summed E-state index contributed by atoms with van der Waals surface area (Å²) in [6, 6.07) is 1.47. The zero-order valence-electron chi connectivity index (χ0n) is 14.2. The highest BCUT2D eigenvalue weighted by atomic mass is 35.5. The first kappa shape index (κ1) is 21.7. The van der Waals surface area contributed by atoms with Crippen LogP contribution in [0.15, 0.2) is 18.2 Å². The first-order chi connectivity index (χ1) is 12.0. The summed E-state index contributed by atoms with van der Waals surface area (Å²) in [5, 5.41) is 6.10. The van der Waals surface area contributed by atoms with Crippen LogP contribution in [0, 0.1) is 0 Å². The van der Waals surface area contributed by atoms with Crippen LogP contribution >= 0.6 is 11.6 Å². The molecule has 1 rings (SSSR count). The zero-order chi connectivity index (χ0) is 20.1. The number of carbonyl (C=O) groups excluding carboxylic acids is 3. The molecule has 0 bridgehead atoms. The maximum atomic E-state index is 12.8. The topological polar surface area (TPSA) is 90.5 Å². The molecule has 3 N–H and O–H groups in total. The fourth-order valence-corrected chi connectivity index (χ4v) is 2.09. The van der Waals surface area contributed by atoms with Crippen molar-refractivity contribution in [1.29, 1.82) is 0 Å². The molecule has 144 valence electrons. The van der Waals surface area contributed by atoms with Gasteiger partial charge >= 0.3 is 12.2 Å². The van der Waals surface area contributed by atoms with Crippen molar-refractivity contribution in [2.75, 3.05) is 26.0 Å². The van der Waals surface area contributed by atoms with Crippen molar-refractivity contribution < 1.29 is 27.6 Å². The van der Waals surface area contributed by atoms with E-state index in [0.717, 1.165) is 12.1 Å². The van der Waals surface area contributed by atoms with E-state index in [2.05, 4.69) is 16.0 Å². The summed E-state index contributed by atoms with van der Waals surface area (Å²) in [5.74, 6) is -1.27. The Morgan fingerprint density at radius 2 is 1.88 bits per heavy atom. The number of anilines is 1. The minimum Gasteiger partial charge on any atom is -0.341 e. The van der Waals surface area contributed by atoms with Crippen LogP contribution in [0.1, 0.15) is 12.5 Å². The average Bonchev–Trinajstić information content (AvgIpc) is 2.54. The van der Waals surface area contributed by atoms with Crippen LogP contribution in [-0.2, 0) is 15.8 Å². The molecule has 7 nitrogen and oxygen atoms in total. The van der Waals surface area contributed by atoms with Gasteiger partial charge in [0.2, 0.25) is 11.8 Å². The molecular formula is C15H18ClF3N4O3. The molecule has 0 radical (unpaired) electrons. The predicted molar refractivity (Wildman–Crippen MR) is 89.8 cm³/mol. The first-order valence-corrected chi connectivity index (χ1v) is 7.73. The number of amides is 4. The molecule has 11 heteroatoms. The molecule has 1 atom stereocenters. The number of hydrogen-bond donors (Lipinski definition) is 3. The third kappa shape index (κ3) is 6.19. The Morgan fingerprint density at radius 3 is 2.42 bits per heavy atom. The highest BCUT2D eigenvalue weighted by molar-refractivity contribution is 6.31. The van der Waals surface area contributed by atoms with E-state index >= 15 is 0 Å². The minimum absolute atomic E-state index is 0.0809. The van der Waals surface area contributed by atoms with E-state index in [0.29, 0.717) is 0 Å². The molecule has 0 heterocycles. The van der Waals surface area contributed by atoms with Gasteiger partial charge in [0.25, 0.3) is 0 Å². The fourth-order valence-electron chi connectivity index (χ4n) is 1.86. The van der Waals surface area contributed by atoms with Crippen LogP contribution in [-0.4, -0.2) is 49.4 Å². The molecule has 1 aromatic rings. The van der Waals surface area contributed by atoms with E-state index in [1.807, 2.05) is 0 Å². The Bertz CT molecular complexity index is 697. The van der Waals surface area contributed by atoms with Crippen molar-refractivity contribution in [3.8, 4) is 0 Å². The van der Waals surface area contributed by atoms with Gasteiger partial charge in [-0.3, -0.25) is 19.8 Å². The van der Waals surface area contributed by atoms with Gasteiger partial charge in [-0.1, -0.05) is 11.6 Å². The second-order valence-electron chi connectivity index (χ2n) is 5.40. The van der Waals surface area contributed by atoms with Gasteiger partial charge < -0.3 is 10.6 Å². The molecule has 1 aromatic carbocycles. The van der Waals surface area contributed by atoms with Crippen molar-refractivity contribution in [3.63, 3.8) is 0 Å². The fraction of sp³-hybridized carbons (Fsp3) is 0.400. The summed E-state index contributed by atoms with van der Waals surface area (Å²) in [5.41, 5.74) is -1.15. The molecule has 26 heavy (non-hydrogen) atoms. The molecule has 0 aromatic heterocycles. The Labute approximate surface area is 152 Å². The zero-order valence-corrected chi connectivity index (χ0v) is 15.0. The molecular weight excluding hydrogens is 377 g/mol. The molecule has 4 amide bonds. The van der Waals surface area contributed by atoms with Gasteiger partial charge in [-0.05, 0) is 32.2 Å². The molecule has 0 fully saturated rings. The van der Waals surface area contributed by atoms with E-state index in [1.165, 1.54) is 32.0 Å². The van der Waals surface area contributed by atoms with E-state index in [9.17, 15) is 27.6 Å². The molecule has 0 saturated carbocycles. The number of benzene rings is 1. The quantitative estimate of drug-likeness (QED) is 0.713. The van der Waals surface area contributed by atoms with Gasteiger partial charge in [-0.2, -0.15) is 13.2 Å². The summed E-state index contributed by atoms with van der Waals surface area (Å²) in [6.45, 7) is 1.18. The van der Waals surface area contributed by atoms with E-state index in [1.54, 1.807) is 0 Å². The number of nitrogens with one attached hydrogen (secondary N) is 3. The molecule has 0 saturated heterocycles. The summed E-state index contributed by atoms with van der Waals surface area (Å²) < 4.78 is 38.5. The number of carbonyl (C=O) groups is 3. The van der Waals surface area contributed by atoms with E-state index in [4.69, 9.17) is 11.6 Å². The standard InChI is InChI=1S/C15H18ClF3N4O3/c1-8(13(25)22-14(26)20-2)23(3)7-12(24)21-9-4-5-11(16)10(6-9)15(17,18)19/h4-6,8H,7H2,1-3H3,(H,21,24)(H2,20,22,25,26). The van der Waals surface area contributed by atoms with Crippen LogP contribution in [0.4, 0.5) is 23.7 Å². The normalized spacial score (nSPS) is 12.5. The van der Waals surface area contributed by atoms with Crippen molar-refractivity contribution >= 4 is 35.1 Å². The summed E-state index contributed by atoms with van der Waals surface area (Å²) in [7, 11) is 2.79. The number of nitrogens with zero attached hydrogens (tertiary/aromatic N) is 1. The van der Waals surface area contributed by atoms with Gasteiger partial charge in [0.15, 0.2) is 0 Å². The maximum absolute atomic E-state index is 12.8. The Balaban J connectivity index is 2.72. The van der Waals surface area contributed by atoms with Crippen molar-refractivity contribution in [2.24, 2.45) is 0 Å². The van der Waals surface area contributed by atoms with Crippen molar-refractivity contribution in [1.82, 2.24) is 15.5 Å². The van der Waals surface area contributed by atoms with Crippen LogP contribution in [0.3, 0.4) is 0 Å². The third-order valence-electron chi connectivity index (χ3n) is 3.45. The number of likely N-dealkylation sites (N-methyl/N-ethyl adjacent to an activating group) is 1. The average molecular weight is 395 g/mol. The van der Waals surface area contributed by atoms with Crippen molar-refractivity contribution in [2.45, 2.75) is 19.1 Å². The number of urea groups is 1. The first-order valence-electron chi connectivity index (χ1n) is 7.35. The second-order valence-corrected chi connectivity index (χ2v) is 5.81. The molecule has 1 unspecified atom stereocenters.